The second-order valence-electron chi connectivity index (χ2n) is 15.8. The Bertz CT molecular complexity index is 1310. The zero-order valence-electron chi connectivity index (χ0n) is 27.3. The predicted molar refractivity (Wildman–Crippen MR) is 175 cm³/mol. The van der Waals surface area contributed by atoms with Crippen LogP contribution >= 0.6 is 0 Å². The molecule has 0 unspecified atom stereocenters. The fraction of sp³-hybridized carbons (Fsp3) is 0.675. The second-order valence-corrected chi connectivity index (χ2v) is 15.8. The van der Waals surface area contributed by atoms with Crippen LogP contribution in [0.1, 0.15) is 123 Å². The number of allylic oxidation sites excluding steroid dienone is 1. The largest absolute Gasteiger partial charge is 0.458 e. The Morgan fingerprint density at radius 3 is 2.48 bits per heavy atom. The SMILES string of the molecule is CC[C@H](CC[C@@H](C)[C@H]1CC[C@H]2[C@@H]3CC=C4C[C@@H](OC(=O)c5ccc6ccccc6c5)CC[C@]4(C)[C@H]3CC[C@]12C)C(C)C. The molecule has 6 rings (SSSR count). The molecule has 2 aromatic rings. The molecule has 0 saturated heterocycles. The fourth-order valence-corrected chi connectivity index (χ4v) is 10.9. The van der Waals surface area contributed by atoms with E-state index in [1.54, 1.807) is 5.57 Å². The lowest BCUT2D eigenvalue weighted by atomic mass is 9.47. The lowest BCUT2D eigenvalue weighted by molar-refractivity contribution is -0.0596. The molecule has 0 spiro atoms. The number of ether oxygens (including phenoxy) is 1. The maximum atomic E-state index is 13.2. The molecule has 42 heavy (non-hydrogen) atoms. The average Bonchev–Trinajstić information content (AvgIpc) is 3.34. The van der Waals surface area contributed by atoms with Crippen LogP contribution < -0.4 is 0 Å². The van der Waals surface area contributed by atoms with Gasteiger partial charge >= 0.3 is 5.97 Å². The van der Waals surface area contributed by atoms with Crippen molar-refractivity contribution in [3.8, 4) is 0 Å². The summed E-state index contributed by atoms with van der Waals surface area (Å²) in [7, 11) is 0. The third-order valence-electron chi connectivity index (χ3n) is 13.5. The van der Waals surface area contributed by atoms with Crippen LogP contribution in [0.25, 0.3) is 10.8 Å². The number of hydrogen-bond acceptors (Lipinski definition) is 2. The number of carbonyl (C=O) groups excluding carboxylic acids is 1. The third-order valence-corrected chi connectivity index (χ3v) is 13.5. The molecule has 0 N–H and O–H groups in total. The van der Waals surface area contributed by atoms with E-state index in [0.717, 1.165) is 71.5 Å². The van der Waals surface area contributed by atoms with E-state index in [1.807, 2.05) is 30.3 Å². The van der Waals surface area contributed by atoms with Gasteiger partial charge in [-0.15, -0.1) is 0 Å². The summed E-state index contributed by atoms with van der Waals surface area (Å²) in [4.78, 5) is 13.2. The first-order valence-electron chi connectivity index (χ1n) is 17.5. The van der Waals surface area contributed by atoms with Gasteiger partial charge in [-0.25, -0.2) is 4.79 Å². The van der Waals surface area contributed by atoms with E-state index in [4.69, 9.17) is 4.74 Å². The van der Waals surface area contributed by atoms with E-state index in [9.17, 15) is 4.79 Å². The van der Waals surface area contributed by atoms with Gasteiger partial charge in [0.1, 0.15) is 6.10 Å². The van der Waals surface area contributed by atoms with Gasteiger partial charge in [-0.2, -0.15) is 0 Å². The summed E-state index contributed by atoms with van der Waals surface area (Å²) in [5.41, 5.74) is 3.07. The minimum Gasteiger partial charge on any atom is -0.458 e. The van der Waals surface area contributed by atoms with Crippen molar-refractivity contribution in [3.63, 3.8) is 0 Å². The third kappa shape index (κ3) is 5.28. The maximum absolute atomic E-state index is 13.2. The molecule has 0 bridgehead atoms. The van der Waals surface area contributed by atoms with Crippen molar-refractivity contribution >= 4 is 16.7 Å². The number of fused-ring (bicyclic) bond motifs is 6. The number of benzene rings is 2. The zero-order chi connectivity index (χ0) is 29.6. The molecule has 4 aliphatic rings. The van der Waals surface area contributed by atoms with Gasteiger partial charge in [0, 0.05) is 6.42 Å². The van der Waals surface area contributed by atoms with Gasteiger partial charge in [0.25, 0.3) is 0 Å². The Morgan fingerprint density at radius 2 is 1.71 bits per heavy atom. The zero-order valence-corrected chi connectivity index (χ0v) is 27.3. The predicted octanol–water partition coefficient (Wildman–Crippen LogP) is 11.0. The van der Waals surface area contributed by atoms with Gasteiger partial charge in [-0.3, -0.25) is 0 Å². The van der Waals surface area contributed by atoms with Crippen molar-refractivity contribution in [2.75, 3.05) is 0 Å². The average molecular weight is 569 g/mol. The van der Waals surface area contributed by atoms with E-state index in [0.29, 0.717) is 11.0 Å². The van der Waals surface area contributed by atoms with Crippen LogP contribution in [0.3, 0.4) is 0 Å². The molecule has 3 saturated carbocycles. The van der Waals surface area contributed by atoms with Crippen molar-refractivity contribution in [2.45, 2.75) is 118 Å². The highest BCUT2D eigenvalue weighted by atomic mass is 16.5. The summed E-state index contributed by atoms with van der Waals surface area (Å²) >= 11 is 0. The Hall–Kier alpha value is -2.09. The van der Waals surface area contributed by atoms with Crippen LogP contribution in [0.5, 0.6) is 0 Å². The van der Waals surface area contributed by atoms with Gasteiger partial charge < -0.3 is 4.74 Å². The van der Waals surface area contributed by atoms with E-state index < -0.39 is 0 Å². The highest BCUT2D eigenvalue weighted by Gasteiger charge is 2.59. The standard InChI is InChI=1S/C40H56O2/c1-7-28(26(2)3)13-12-27(4)35-18-19-36-34-17-16-32-25-33(20-22-39(32,5)37(34)21-23-40(35,36)6)42-38(41)31-15-14-29-10-8-9-11-30(29)24-31/h8-11,14-16,24,26-28,33-37H,7,12-13,17-23,25H2,1-6H3/t27-,28-,33+,34+,35-,36+,37+,39+,40-/m1/s1. The molecule has 4 aliphatic carbocycles. The van der Waals surface area contributed by atoms with E-state index in [-0.39, 0.29) is 17.5 Å². The van der Waals surface area contributed by atoms with Crippen molar-refractivity contribution in [1.29, 1.82) is 0 Å². The monoisotopic (exact) mass is 568 g/mol. The normalized spacial score (nSPS) is 35.6. The minimum atomic E-state index is -0.165. The summed E-state index contributed by atoms with van der Waals surface area (Å²) in [6.07, 6.45) is 16.8. The smallest absolute Gasteiger partial charge is 0.338 e. The van der Waals surface area contributed by atoms with Gasteiger partial charge in [0.05, 0.1) is 5.56 Å². The van der Waals surface area contributed by atoms with E-state index >= 15 is 0 Å². The molecular weight excluding hydrogens is 512 g/mol. The summed E-state index contributed by atoms with van der Waals surface area (Å²) < 4.78 is 6.16. The van der Waals surface area contributed by atoms with E-state index in [2.05, 4.69) is 59.8 Å². The number of esters is 1. The number of hydrogen-bond donors (Lipinski definition) is 0. The van der Waals surface area contributed by atoms with Crippen LogP contribution in [0, 0.1) is 52.3 Å². The molecule has 3 fully saturated rings. The van der Waals surface area contributed by atoms with Crippen LogP contribution in [0.4, 0.5) is 0 Å². The van der Waals surface area contributed by atoms with Crippen LogP contribution in [-0.4, -0.2) is 12.1 Å². The summed E-state index contributed by atoms with van der Waals surface area (Å²) in [5.74, 6) is 5.80. The van der Waals surface area contributed by atoms with Crippen molar-refractivity contribution in [3.05, 3.63) is 59.7 Å². The van der Waals surface area contributed by atoms with Crippen LogP contribution in [0.2, 0.25) is 0 Å². The van der Waals surface area contributed by atoms with Gasteiger partial charge in [0.2, 0.25) is 0 Å². The first-order valence-corrected chi connectivity index (χ1v) is 17.5. The number of carbonyl (C=O) groups is 1. The fourth-order valence-electron chi connectivity index (χ4n) is 10.9. The first-order chi connectivity index (χ1) is 20.1. The topological polar surface area (TPSA) is 26.3 Å². The van der Waals surface area contributed by atoms with Crippen LogP contribution in [-0.2, 0) is 4.74 Å². The summed E-state index contributed by atoms with van der Waals surface area (Å²) in [6, 6.07) is 14.2. The molecule has 2 heteroatoms. The lowest BCUT2D eigenvalue weighted by Crippen LogP contribution is -2.51. The summed E-state index contributed by atoms with van der Waals surface area (Å²) in [6.45, 7) is 15.1. The Morgan fingerprint density at radius 1 is 0.929 bits per heavy atom. The molecule has 0 heterocycles. The minimum absolute atomic E-state index is 0.00296. The van der Waals surface area contributed by atoms with Crippen molar-refractivity contribution in [1.82, 2.24) is 0 Å². The van der Waals surface area contributed by atoms with Gasteiger partial charge in [-0.1, -0.05) is 96.4 Å². The molecule has 0 aromatic heterocycles. The van der Waals surface area contributed by atoms with Crippen LogP contribution in [0.15, 0.2) is 54.1 Å². The molecule has 228 valence electrons. The van der Waals surface area contributed by atoms with Crippen molar-refractivity contribution < 1.29 is 9.53 Å². The Kier molecular flexibility index (Phi) is 8.40. The molecular formula is C40H56O2. The Balaban J connectivity index is 1.11. The van der Waals surface area contributed by atoms with Gasteiger partial charge in [0.15, 0.2) is 0 Å². The number of rotatable bonds is 8. The second kappa shape index (κ2) is 11.8. The molecule has 9 atom stereocenters. The van der Waals surface area contributed by atoms with Gasteiger partial charge in [-0.05, 0) is 127 Å². The highest BCUT2D eigenvalue weighted by Crippen LogP contribution is 2.67. The Labute approximate surface area is 256 Å². The molecule has 2 nitrogen and oxygen atoms in total. The molecule has 0 amide bonds. The molecule has 0 aliphatic heterocycles. The quantitative estimate of drug-likeness (QED) is 0.234. The summed E-state index contributed by atoms with van der Waals surface area (Å²) in [5, 5.41) is 2.25. The van der Waals surface area contributed by atoms with Crippen molar-refractivity contribution in [2.24, 2.45) is 52.3 Å². The molecule has 2 aromatic carbocycles. The maximum Gasteiger partial charge on any atom is 0.338 e. The lowest BCUT2D eigenvalue weighted by Gasteiger charge is -2.58. The van der Waals surface area contributed by atoms with E-state index in [1.165, 1.54) is 51.4 Å². The highest BCUT2D eigenvalue weighted by molar-refractivity contribution is 5.95. The molecule has 0 radical (unpaired) electrons. The first kappa shape index (κ1) is 30.0.